The van der Waals surface area contributed by atoms with Gasteiger partial charge in [0.2, 0.25) is 0 Å². The van der Waals surface area contributed by atoms with Crippen LogP contribution in [0, 0.1) is 12.7 Å². The molecule has 0 unspecified atom stereocenters. The van der Waals surface area contributed by atoms with E-state index in [0.717, 1.165) is 24.6 Å². The Morgan fingerprint density at radius 1 is 1.21 bits per heavy atom. The van der Waals surface area contributed by atoms with Gasteiger partial charge in [-0.2, -0.15) is 0 Å². The first-order chi connectivity index (χ1) is 11.6. The van der Waals surface area contributed by atoms with Crippen molar-refractivity contribution in [3.8, 4) is 0 Å². The molecule has 1 saturated heterocycles. The topological polar surface area (TPSA) is 58.1 Å². The number of hydrogen-bond donors (Lipinski definition) is 1. The van der Waals surface area contributed by atoms with Gasteiger partial charge in [0, 0.05) is 24.8 Å². The molecule has 2 aromatic rings. The van der Waals surface area contributed by atoms with Crippen LogP contribution < -0.4 is 10.2 Å². The van der Waals surface area contributed by atoms with Crippen LogP contribution >= 0.6 is 0 Å². The smallest absolute Gasteiger partial charge is 0.254 e. The number of anilines is 1. The van der Waals surface area contributed by atoms with Gasteiger partial charge in [0.25, 0.3) is 5.91 Å². The highest BCUT2D eigenvalue weighted by Crippen LogP contribution is 2.18. The number of nitrogens with zero attached hydrogens (tertiary/aromatic N) is 3. The third kappa shape index (κ3) is 3.88. The highest BCUT2D eigenvalue weighted by atomic mass is 19.1. The van der Waals surface area contributed by atoms with Crippen LogP contribution in [0.5, 0.6) is 0 Å². The van der Waals surface area contributed by atoms with E-state index in [4.69, 9.17) is 0 Å². The first kappa shape index (κ1) is 16.4. The van der Waals surface area contributed by atoms with Gasteiger partial charge in [0.05, 0.1) is 12.1 Å². The summed E-state index contributed by atoms with van der Waals surface area (Å²) in [6.45, 7) is 4.09. The Kier molecular flexibility index (Phi) is 5.03. The molecule has 1 aromatic heterocycles. The minimum atomic E-state index is -0.533. The third-order valence-corrected chi connectivity index (χ3v) is 4.09. The van der Waals surface area contributed by atoms with E-state index in [9.17, 15) is 9.18 Å². The zero-order chi connectivity index (χ0) is 16.9. The second-order valence-electron chi connectivity index (χ2n) is 5.99. The molecule has 3 rings (SSSR count). The molecule has 0 saturated carbocycles. The van der Waals surface area contributed by atoms with Crippen molar-refractivity contribution in [3.63, 3.8) is 0 Å². The predicted molar refractivity (Wildman–Crippen MR) is 90.4 cm³/mol. The monoisotopic (exact) mass is 328 g/mol. The summed E-state index contributed by atoms with van der Waals surface area (Å²) in [6.07, 6.45) is 3.59. The Bertz CT molecular complexity index is 729. The number of aromatic nitrogens is 2. The third-order valence-electron chi connectivity index (χ3n) is 4.09. The Morgan fingerprint density at radius 2 is 1.96 bits per heavy atom. The van der Waals surface area contributed by atoms with Crippen LogP contribution in [0.3, 0.4) is 0 Å². The van der Waals surface area contributed by atoms with Crippen LogP contribution in [0.25, 0.3) is 0 Å². The molecular formula is C18H21FN4O. The van der Waals surface area contributed by atoms with Gasteiger partial charge >= 0.3 is 0 Å². The number of carbonyl (C=O) groups excluding carboxylic acids is 1. The molecular weight excluding hydrogens is 307 g/mol. The van der Waals surface area contributed by atoms with E-state index in [1.165, 1.54) is 31.4 Å². The van der Waals surface area contributed by atoms with Crippen LogP contribution in [0.15, 0.2) is 30.3 Å². The van der Waals surface area contributed by atoms with E-state index < -0.39 is 11.7 Å². The lowest BCUT2D eigenvalue weighted by Gasteiger charge is -2.28. The van der Waals surface area contributed by atoms with Crippen molar-refractivity contribution < 1.29 is 9.18 Å². The lowest BCUT2D eigenvalue weighted by atomic mass is 10.1. The predicted octanol–water partition coefficient (Wildman–Crippen LogP) is 2.84. The summed E-state index contributed by atoms with van der Waals surface area (Å²) in [5, 5.41) is 2.69. The lowest BCUT2D eigenvalue weighted by Crippen LogP contribution is -2.31. The maximum absolute atomic E-state index is 13.6. The molecule has 0 radical (unpaired) electrons. The molecule has 1 amide bonds. The summed E-state index contributed by atoms with van der Waals surface area (Å²) in [5.74, 6) is 0.449. The highest BCUT2D eigenvalue weighted by molar-refractivity contribution is 5.94. The Hall–Kier alpha value is -2.50. The van der Waals surface area contributed by atoms with Crippen molar-refractivity contribution in [1.29, 1.82) is 0 Å². The number of nitrogens with one attached hydrogen (secondary N) is 1. The average molecular weight is 328 g/mol. The van der Waals surface area contributed by atoms with Gasteiger partial charge in [0.15, 0.2) is 0 Å². The largest absolute Gasteiger partial charge is 0.357 e. The van der Waals surface area contributed by atoms with Crippen LogP contribution in [-0.2, 0) is 6.54 Å². The molecule has 5 nitrogen and oxygen atoms in total. The van der Waals surface area contributed by atoms with E-state index in [2.05, 4.69) is 20.2 Å². The molecule has 2 heterocycles. The lowest BCUT2D eigenvalue weighted by molar-refractivity contribution is 0.0946. The SMILES string of the molecule is Cc1cc(N2CCCCC2)nc(CNC(=O)c2ccccc2F)n1. The van der Waals surface area contributed by atoms with Gasteiger partial charge in [0.1, 0.15) is 17.5 Å². The van der Waals surface area contributed by atoms with Crippen molar-refractivity contribution in [1.82, 2.24) is 15.3 Å². The van der Waals surface area contributed by atoms with Crippen LogP contribution in [0.2, 0.25) is 0 Å². The summed E-state index contributed by atoms with van der Waals surface area (Å²) < 4.78 is 13.6. The van der Waals surface area contributed by atoms with Gasteiger partial charge < -0.3 is 10.2 Å². The van der Waals surface area contributed by atoms with Crippen LogP contribution in [-0.4, -0.2) is 29.0 Å². The first-order valence-electron chi connectivity index (χ1n) is 8.26. The second kappa shape index (κ2) is 7.38. The number of amides is 1. The molecule has 1 aromatic carbocycles. The second-order valence-corrected chi connectivity index (χ2v) is 5.99. The molecule has 0 spiro atoms. The molecule has 24 heavy (non-hydrogen) atoms. The van der Waals surface area contributed by atoms with Crippen molar-refractivity contribution in [3.05, 3.63) is 53.2 Å². The van der Waals surface area contributed by atoms with Crippen LogP contribution in [0.4, 0.5) is 10.2 Å². The van der Waals surface area contributed by atoms with Crippen molar-refractivity contribution in [2.24, 2.45) is 0 Å². The zero-order valence-corrected chi connectivity index (χ0v) is 13.8. The van der Waals surface area contributed by atoms with Gasteiger partial charge in [-0.3, -0.25) is 4.79 Å². The minimum Gasteiger partial charge on any atom is -0.357 e. The van der Waals surface area contributed by atoms with E-state index in [1.807, 2.05) is 13.0 Å². The summed E-state index contributed by atoms with van der Waals surface area (Å²) >= 11 is 0. The van der Waals surface area contributed by atoms with Gasteiger partial charge in [-0.15, -0.1) is 0 Å². The molecule has 126 valence electrons. The van der Waals surface area contributed by atoms with Crippen molar-refractivity contribution >= 4 is 11.7 Å². The fourth-order valence-corrected chi connectivity index (χ4v) is 2.88. The maximum Gasteiger partial charge on any atom is 0.254 e. The number of rotatable bonds is 4. The standard InChI is InChI=1S/C18H21FN4O/c1-13-11-17(23-9-5-2-6-10-23)22-16(21-13)12-20-18(24)14-7-3-4-8-15(14)19/h3-4,7-8,11H,2,5-6,9-10,12H2,1H3,(H,20,24). The molecule has 1 N–H and O–H groups in total. The number of piperidine rings is 1. The number of aryl methyl sites for hydroxylation is 1. The van der Waals surface area contributed by atoms with Gasteiger partial charge in [-0.05, 0) is 38.3 Å². The summed E-state index contributed by atoms with van der Waals surface area (Å²) in [6, 6.07) is 7.89. The van der Waals surface area contributed by atoms with Crippen LogP contribution in [0.1, 0.15) is 41.1 Å². The van der Waals surface area contributed by atoms with E-state index in [1.54, 1.807) is 12.1 Å². The van der Waals surface area contributed by atoms with Crippen molar-refractivity contribution in [2.75, 3.05) is 18.0 Å². The molecule has 1 fully saturated rings. The Morgan fingerprint density at radius 3 is 2.71 bits per heavy atom. The number of benzene rings is 1. The van der Waals surface area contributed by atoms with E-state index in [0.29, 0.717) is 5.82 Å². The molecule has 1 aliphatic rings. The summed E-state index contributed by atoms with van der Waals surface area (Å²) in [4.78, 5) is 23.3. The molecule has 1 aliphatic heterocycles. The van der Waals surface area contributed by atoms with E-state index >= 15 is 0 Å². The number of hydrogen-bond acceptors (Lipinski definition) is 4. The fraction of sp³-hybridized carbons (Fsp3) is 0.389. The fourth-order valence-electron chi connectivity index (χ4n) is 2.88. The normalized spacial score (nSPS) is 14.5. The zero-order valence-electron chi connectivity index (χ0n) is 13.8. The molecule has 0 atom stereocenters. The number of halogens is 1. The summed E-state index contributed by atoms with van der Waals surface area (Å²) in [7, 11) is 0. The van der Waals surface area contributed by atoms with Crippen molar-refractivity contribution in [2.45, 2.75) is 32.7 Å². The quantitative estimate of drug-likeness (QED) is 0.937. The minimum absolute atomic E-state index is 0.0291. The highest BCUT2D eigenvalue weighted by Gasteiger charge is 2.15. The van der Waals surface area contributed by atoms with E-state index in [-0.39, 0.29) is 12.1 Å². The molecule has 0 bridgehead atoms. The van der Waals surface area contributed by atoms with Gasteiger partial charge in [-0.1, -0.05) is 12.1 Å². The average Bonchev–Trinajstić information content (AvgIpc) is 2.60. The first-order valence-corrected chi connectivity index (χ1v) is 8.26. The maximum atomic E-state index is 13.6. The Labute approximate surface area is 140 Å². The summed E-state index contributed by atoms with van der Waals surface area (Å²) in [5.41, 5.74) is 0.891. The Balaban J connectivity index is 1.70. The number of carbonyl (C=O) groups is 1. The molecule has 6 heteroatoms. The molecule has 0 aliphatic carbocycles. The van der Waals surface area contributed by atoms with Gasteiger partial charge in [-0.25, -0.2) is 14.4 Å².